The molecule has 0 radical (unpaired) electrons. The van der Waals surface area contributed by atoms with Gasteiger partial charge in [-0.15, -0.1) is 0 Å². The Bertz CT molecular complexity index is 1180. The predicted molar refractivity (Wildman–Crippen MR) is 148 cm³/mol. The number of nitrogens with one attached hydrogen (secondary N) is 1. The smallest absolute Gasteiger partial charge is 0.261 e. The molecule has 2 amide bonds. The van der Waals surface area contributed by atoms with E-state index in [-0.39, 0.29) is 31.0 Å². The first-order valence-electron chi connectivity index (χ1n) is 11.7. The van der Waals surface area contributed by atoms with E-state index in [1.165, 1.54) is 0 Å². The van der Waals surface area contributed by atoms with Crippen molar-refractivity contribution >= 4 is 50.9 Å². The molecule has 0 bridgehead atoms. The molecule has 5 nitrogen and oxygen atoms in total. The van der Waals surface area contributed by atoms with Crippen molar-refractivity contribution in [3.8, 4) is 5.75 Å². The Kier molecular flexibility index (Phi) is 10.7. The van der Waals surface area contributed by atoms with Gasteiger partial charge < -0.3 is 15.0 Å². The number of carbonyl (C=O) groups is 2. The minimum absolute atomic E-state index is 0.0362. The van der Waals surface area contributed by atoms with Gasteiger partial charge in [-0.05, 0) is 48.7 Å². The highest BCUT2D eigenvalue weighted by atomic mass is 79.9. The van der Waals surface area contributed by atoms with E-state index in [0.717, 1.165) is 22.0 Å². The van der Waals surface area contributed by atoms with Crippen LogP contribution in [0.15, 0.2) is 77.3 Å². The van der Waals surface area contributed by atoms with Crippen LogP contribution in [0.3, 0.4) is 0 Å². The number of ether oxygens (including phenoxy) is 1. The van der Waals surface area contributed by atoms with Gasteiger partial charge in [-0.3, -0.25) is 9.59 Å². The number of halogens is 3. The average molecular weight is 592 g/mol. The Balaban J connectivity index is 1.93. The summed E-state index contributed by atoms with van der Waals surface area (Å²) in [4.78, 5) is 28.7. The molecule has 2 atom stereocenters. The second-order valence-corrected chi connectivity index (χ2v) is 10.2. The van der Waals surface area contributed by atoms with Gasteiger partial charge in [0.2, 0.25) is 5.91 Å². The van der Waals surface area contributed by atoms with Crippen LogP contribution in [0.5, 0.6) is 5.75 Å². The molecular weight excluding hydrogens is 563 g/mol. The van der Waals surface area contributed by atoms with Crippen LogP contribution < -0.4 is 10.1 Å². The molecule has 8 heteroatoms. The molecule has 1 N–H and O–H groups in total. The Morgan fingerprint density at radius 3 is 2.36 bits per heavy atom. The van der Waals surface area contributed by atoms with E-state index in [1.807, 2.05) is 62.4 Å². The molecule has 0 aromatic heterocycles. The zero-order valence-electron chi connectivity index (χ0n) is 20.2. The maximum atomic E-state index is 13.6. The Hall–Kier alpha value is -2.54. The van der Waals surface area contributed by atoms with Gasteiger partial charge in [0.1, 0.15) is 11.8 Å². The summed E-state index contributed by atoms with van der Waals surface area (Å²) in [6.45, 7) is 3.81. The van der Waals surface area contributed by atoms with Crippen molar-refractivity contribution < 1.29 is 14.3 Å². The van der Waals surface area contributed by atoms with Crippen LogP contribution in [-0.4, -0.2) is 35.4 Å². The van der Waals surface area contributed by atoms with Crippen LogP contribution in [0.2, 0.25) is 10.0 Å². The quantitative estimate of drug-likeness (QED) is 0.270. The summed E-state index contributed by atoms with van der Waals surface area (Å²) >= 11 is 16.1. The molecular formula is C28H29BrCl2N2O3. The summed E-state index contributed by atoms with van der Waals surface area (Å²) in [5.41, 5.74) is 1.68. The van der Waals surface area contributed by atoms with E-state index in [0.29, 0.717) is 22.2 Å². The second-order valence-electron chi connectivity index (χ2n) is 8.50. The summed E-state index contributed by atoms with van der Waals surface area (Å²) in [5, 5.41) is 3.94. The molecule has 0 fully saturated rings. The van der Waals surface area contributed by atoms with Gasteiger partial charge in [0.15, 0.2) is 6.61 Å². The Morgan fingerprint density at radius 1 is 1.00 bits per heavy atom. The lowest BCUT2D eigenvalue weighted by atomic mass is 10.0. The lowest BCUT2D eigenvalue weighted by Crippen LogP contribution is -2.53. The van der Waals surface area contributed by atoms with E-state index >= 15 is 0 Å². The standard InChI is InChI=1S/C28H29BrCl2N2O3/c1-3-19(2)32-28(35)25(15-20-9-5-4-6-10-20)33(17-21-11-7-8-12-23(21)30)27(34)18-36-26-14-13-22(29)16-24(26)31/h4-14,16,19,25H,3,15,17-18H2,1-2H3,(H,32,35)/t19-,25+/m0/s1. The third-order valence-corrected chi connectivity index (χ3v) is 6.97. The average Bonchev–Trinajstić information content (AvgIpc) is 2.87. The molecule has 190 valence electrons. The molecule has 0 aliphatic carbocycles. The van der Waals surface area contributed by atoms with Gasteiger partial charge in [-0.2, -0.15) is 0 Å². The van der Waals surface area contributed by atoms with Crippen LogP contribution in [0.4, 0.5) is 0 Å². The summed E-state index contributed by atoms with van der Waals surface area (Å²) in [5.74, 6) is -0.195. The van der Waals surface area contributed by atoms with Crippen LogP contribution in [-0.2, 0) is 22.6 Å². The maximum Gasteiger partial charge on any atom is 0.261 e. The number of hydrogen-bond acceptors (Lipinski definition) is 3. The van der Waals surface area contributed by atoms with Gasteiger partial charge >= 0.3 is 0 Å². The first kappa shape index (κ1) is 28.0. The molecule has 0 aliphatic heterocycles. The van der Waals surface area contributed by atoms with E-state index in [1.54, 1.807) is 29.2 Å². The largest absolute Gasteiger partial charge is 0.482 e. The van der Waals surface area contributed by atoms with Crippen molar-refractivity contribution in [2.75, 3.05) is 6.61 Å². The Labute approximate surface area is 230 Å². The lowest BCUT2D eigenvalue weighted by Gasteiger charge is -2.32. The van der Waals surface area contributed by atoms with Crippen molar-refractivity contribution in [3.05, 3.63) is 98.4 Å². The third-order valence-electron chi connectivity index (χ3n) is 5.82. The number of amides is 2. The van der Waals surface area contributed by atoms with Crippen molar-refractivity contribution in [2.24, 2.45) is 0 Å². The number of carbonyl (C=O) groups excluding carboxylic acids is 2. The fourth-order valence-electron chi connectivity index (χ4n) is 3.62. The number of rotatable bonds is 11. The number of nitrogens with zero attached hydrogens (tertiary/aromatic N) is 1. The van der Waals surface area contributed by atoms with Crippen molar-refractivity contribution in [2.45, 2.75) is 45.3 Å². The first-order valence-corrected chi connectivity index (χ1v) is 13.3. The zero-order valence-corrected chi connectivity index (χ0v) is 23.3. The first-order chi connectivity index (χ1) is 17.3. The van der Waals surface area contributed by atoms with Gasteiger partial charge in [0, 0.05) is 28.5 Å². The maximum absolute atomic E-state index is 13.6. The van der Waals surface area contributed by atoms with Crippen molar-refractivity contribution in [1.29, 1.82) is 0 Å². The highest BCUT2D eigenvalue weighted by molar-refractivity contribution is 9.10. The normalized spacial score (nSPS) is 12.5. The SMILES string of the molecule is CC[C@H](C)NC(=O)[C@@H](Cc1ccccc1)N(Cc1ccccc1Cl)C(=O)COc1ccc(Br)cc1Cl. The second kappa shape index (κ2) is 13.7. The van der Waals surface area contributed by atoms with Gasteiger partial charge in [0.05, 0.1) is 5.02 Å². The topological polar surface area (TPSA) is 58.6 Å². The molecule has 0 saturated heterocycles. The van der Waals surface area contributed by atoms with Crippen LogP contribution in [0, 0.1) is 0 Å². The summed E-state index contributed by atoms with van der Waals surface area (Å²) in [6.07, 6.45) is 1.12. The summed E-state index contributed by atoms with van der Waals surface area (Å²) < 4.78 is 6.58. The number of hydrogen-bond donors (Lipinski definition) is 1. The minimum Gasteiger partial charge on any atom is -0.482 e. The van der Waals surface area contributed by atoms with Crippen LogP contribution in [0.1, 0.15) is 31.4 Å². The molecule has 0 heterocycles. The fraction of sp³-hybridized carbons (Fsp3) is 0.286. The van der Waals surface area contributed by atoms with E-state index in [9.17, 15) is 9.59 Å². The van der Waals surface area contributed by atoms with Gasteiger partial charge in [0.25, 0.3) is 5.91 Å². The van der Waals surface area contributed by atoms with E-state index < -0.39 is 6.04 Å². The molecule has 0 unspecified atom stereocenters. The fourth-order valence-corrected chi connectivity index (χ4v) is 4.54. The molecule has 3 aromatic carbocycles. The number of benzene rings is 3. The minimum atomic E-state index is -0.769. The Morgan fingerprint density at radius 2 is 1.69 bits per heavy atom. The lowest BCUT2D eigenvalue weighted by molar-refractivity contribution is -0.143. The van der Waals surface area contributed by atoms with Gasteiger partial charge in [-0.1, -0.05) is 94.6 Å². The monoisotopic (exact) mass is 590 g/mol. The predicted octanol–water partition coefficient (Wildman–Crippen LogP) is 6.69. The van der Waals surface area contributed by atoms with Gasteiger partial charge in [-0.25, -0.2) is 0 Å². The van der Waals surface area contributed by atoms with E-state index in [2.05, 4.69) is 21.2 Å². The van der Waals surface area contributed by atoms with E-state index in [4.69, 9.17) is 27.9 Å². The van der Waals surface area contributed by atoms with Crippen LogP contribution >= 0.6 is 39.1 Å². The van der Waals surface area contributed by atoms with Crippen molar-refractivity contribution in [1.82, 2.24) is 10.2 Å². The summed E-state index contributed by atoms with van der Waals surface area (Å²) in [7, 11) is 0. The molecule has 0 saturated carbocycles. The summed E-state index contributed by atoms with van der Waals surface area (Å²) in [6, 6.07) is 21.3. The molecule has 0 aliphatic rings. The van der Waals surface area contributed by atoms with Crippen molar-refractivity contribution in [3.63, 3.8) is 0 Å². The highest BCUT2D eigenvalue weighted by Crippen LogP contribution is 2.28. The molecule has 0 spiro atoms. The molecule has 3 rings (SSSR count). The van der Waals surface area contributed by atoms with Crippen LogP contribution in [0.25, 0.3) is 0 Å². The molecule has 3 aromatic rings. The zero-order chi connectivity index (χ0) is 26.1. The third kappa shape index (κ3) is 7.99. The molecule has 36 heavy (non-hydrogen) atoms. The highest BCUT2D eigenvalue weighted by Gasteiger charge is 2.31.